The van der Waals surface area contributed by atoms with Crippen molar-refractivity contribution in [1.29, 1.82) is 0 Å². The van der Waals surface area contributed by atoms with Gasteiger partial charge in [-0.3, -0.25) is 0 Å². The summed E-state index contributed by atoms with van der Waals surface area (Å²) in [7, 11) is 0. The predicted octanol–water partition coefficient (Wildman–Crippen LogP) is 8.44. The van der Waals surface area contributed by atoms with Crippen molar-refractivity contribution in [2.75, 3.05) is 6.54 Å². The molecule has 3 aliphatic rings. The minimum atomic E-state index is 0.945. The van der Waals surface area contributed by atoms with E-state index in [1.807, 2.05) is 6.08 Å². The lowest BCUT2D eigenvalue weighted by molar-refractivity contribution is 0.425. The Labute approximate surface area is 214 Å². The van der Waals surface area contributed by atoms with E-state index >= 15 is 0 Å². The Kier molecular flexibility index (Phi) is 11.5. The van der Waals surface area contributed by atoms with Gasteiger partial charge in [-0.15, -0.1) is 0 Å². The molecule has 0 atom stereocenters. The SMILES string of the molecule is C=CC1=CC/C(=C\C/C=C/C2=CC/C(=C\C/C=C/C3=CC/C(=C\C)N3)N2CCCCCCCC)N1. The van der Waals surface area contributed by atoms with Crippen molar-refractivity contribution >= 4 is 0 Å². The molecule has 0 saturated heterocycles. The van der Waals surface area contributed by atoms with Crippen molar-refractivity contribution in [3.8, 4) is 0 Å². The Morgan fingerprint density at radius 1 is 0.829 bits per heavy atom. The normalized spacial score (nSPS) is 21.4. The van der Waals surface area contributed by atoms with Gasteiger partial charge in [0.25, 0.3) is 0 Å². The minimum Gasteiger partial charge on any atom is -0.359 e. The lowest BCUT2D eigenvalue weighted by Gasteiger charge is -2.23. The van der Waals surface area contributed by atoms with Crippen molar-refractivity contribution in [2.24, 2.45) is 0 Å². The molecule has 188 valence electrons. The molecule has 0 radical (unpaired) electrons. The highest BCUT2D eigenvalue weighted by Crippen LogP contribution is 2.28. The molecule has 3 aliphatic heterocycles. The van der Waals surface area contributed by atoms with E-state index in [1.165, 1.54) is 67.0 Å². The number of nitrogens with one attached hydrogen (secondary N) is 2. The molecule has 3 heterocycles. The zero-order valence-electron chi connectivity index (χ0n) is 22.0. The molecule has 3 nitrogen and oxygen atoms in total. The summed E-state index contributed by atoms with van der Waals surface area (Å²) in [5.74, 6) is 0. The summed E-state index contributed by atoms with van der Waals surface area (Å²) in [6.45, 7) is 9.32. The average molecular weight is 472 g/mol. The van der Waals surface area contributed by atoms with Crippen LogP contribution in [0.15, 0.2) is 108 Å². The van der Waals surface area contributed by atoms with Gasteiger partial charge in [-0.1, -0.05) is 94.2 Å². The summed E-state index contributed by atoms with van der Waals surface area (Å²) in [5.41, 5.74) is 7.70. The van der Waals surface area contributed by atoms with Crippen molar-refractivity contribution < 1.29 is 0 Å². The van der Waals surface area contributed by atoms with Gasteiger partial charge < -0.3 is 15.5 Å². The van der Waals surface area contributed by atoms with Gasteiger partial charge in [-0.2, -0.15) is 0 Å². The van der Waals surface area contributed by atoms with Gasteiger partial charge in [-0.25, -0.2) is 0 Å². The zero-order valence-corrected chi connectivity index (χ0v) is 22.0. The van der Waals surface area contributed by atoms with Crippen LogP contribution in [0.25, 0.3) is 0 Å². The van der Waals surface area contributed by atoms with Crippen LogP contribution in [-0.2, 0) is 0 Å². The van der Waals surface area contributed by atoms with E-state index in [9.17, 15) is 0 Å². The van der Waals surface area contributed by atoms with Gasteiger partial charge >= 0.3 is 0 Å². The van der Waals surface area contributed by atoms with Crippen molar-refractivity contribution in [1.82, 2.24) is 15.5 Å². The molecular weight excluding hydrogens is 426 g/mol. The zero-order chi connectivity index (χ0) is 24.7. The predicted molar refractivity (Wildman–Crippen MR) is 152 cm³/mol. The van der Waals surface area contributed by atoms with Gasteiger partial charge in [0, 0.05) is 60.0 Å². The maximum Gasteiger partial charge on any atom is 0.0368 e. The summed E-state index contributed by atoms with van der Waals surface area (Å²) < 4.78 is 0. The number of hydrogen-bond acceptors (Lipinski definition) is 3. The van der Waals surface area contributed by atoms with Crippen LogP contribution in [0.5, 0.6) is 0 Å². The number of nitrogens with zero attached hydrogens (tertiary/aromatic N) is 1. The number of unbranched alkanes of at least 4 members (excludes halogenated alkanes) is 5. The van der Waals surface area contributed by atoms with E-state index in [1.54, 1.807) is 0 Å². The third-order valence-corrected chi connectivity index (χ3v) is 6.75. The summed E-state index contributed by atoms with van der Waals surface area (Å²) in [5, 5.41) is 6.86. The fourth-order valence-electron chi connectivity index (χ4n) is 4.65. The van der Waals surface area contributed by atoms with E-state index in [-0.39, 0.29) is 0 Å². The van der Waals surface area contributed by atoms with E-state index in [2.05, 4.69) is 96.7 Å². The average Bonchev–Trinajstić information content (AvgIpc) is 3.62. The highest BCUT2D eigenvalue weighted by molar-refractivity contribution is 5.34. The molecule has 0 aliphatic carbocycles. The number of rotatable bonds is 14. The molecule has 0 aromatic rings. The molecule has 2 N–H and O–H groups in total. The Balaban J connectivity index is 1.53. The smallest absolute Gasteiger partial charge is 0.0368 e. The Morgan fingerprint density at radius 2 is 1.54 bits per heavy atom. The molecule has 35 heavy (non-hydrogen) atoms. The fourth-order valence-corrected chi connectivity index (χ4v) is 4.65. The highest BCUT2D eigenvalue weighted by Gasteiger charge is 2.17. The molecule has 0 aromatic carbocycles. The second-order valence-electron chi connectivity index (χ2n) is 9.45. The third-order valence-electron chi connectivity index (χ3n) is 6.75. The van der Waals surface area contributed by atoms with Gasteiger partial charge in [0.2, 0.25) is 0 Å². The first-order valence-corrected chi connectivity index (χ1v) is 13.6. The monoisotopic (exact) mass is 471 g/mol. The second-order valence-corrected chi connectivity index (χ2v) is 9.45. The van der Waals surface area contributed by atoms with Crippen molar-refractivity contribution in [2.45, 2.75) is 84.5 Å². The highest BCUT2D eigenvalue weighted by atomic mass is 15.2. The largest absolute Gasteiger partial charge is 0.359 e. The lowest BCUT2D eigenvalue weighted by atomic mass is 10.1. The third kappa shape index (κ3) is 8.98. The molecule has 0 amide bonds. The van der Waals surface area contributed by atoms with Gasteiger partial charge in [0.05, 0.1) is 0 Å². The Morgan fingerprint density at radius 3 is 2.31 bits per heavy atom. The molecule has 0 unspecified atom stereocenters. The van der Waals surface area contributed by atoms with Gasteiger partial charge in [0.1, 0.15) is 0 Å². The molecule has 0 fully saturated rings. The minimum absolute atomic E-state index is 0.945. The first kappa shape index (κ1) is 26.7. The number of allylic oxidation sites excluding steroid dienone is 11. The van der Waals surface area contributed by atoms with E-state index in [4.69, 9.17) is 0 Å². The first-order valence-electron chi connectivity index (χ1n) is 13.6. The molecule has 3 heteroatoms. The van der Waals surface area contributed by atoms with Gasteiger partial charge in [0.15, 0.2) is 0 Å². The maximum absolute atomic E-state index is 3.84. The molecule has 0 saturated carbocycles. The van der Waals surface area contributed by atoms with Crippen LogP contribution in [0.4, 0.5) is 0 Å². The molecule has 0 bridgehead atoms. The van der Waals surface area contributed by atoms with Gasteiger partial charge in [-0.05, 0) is 44.4 Å². The van der Waals surface area contributed by atoms with E-state index in [0.717, 1.165) is 44.3 Å². The van der Waals surface area contributed by atoms with Crippen LogP contribution >= 0.6 is 0 Å². The van der Waals surface area contributed by atoms with E-state index in [0.29, 0.717) is 0 Å². The summed E-state index contributed by atoms with van der Waals surface area (Å²) in [4.78, 5) is 2.55. The maximum atomic E-state index is 3.84. The fraction of sp³-hybridized carbons (Fsp3) is 0.438. The second kappa shape index (κ2) is 15.1. The van der Waals surface area contributed by atoms with Crippen LogP contribution in [0.2, 0.25) is 0 Å². The molecule has 0 spiro atoms. The van der Waals surface area contributed by atoms with Crippen LogP contribution in [0.3, 0.4) is 0 Å². The summed E-state index contributed by atoms with van der Waals surface area (Å²) in [6.07, 6.45) is 37.6. The van der Waals surface area contributed by atoms with Crippen LogP contribution < -0.4 is 10.6 Å². The summed E-state index contributed by atoms with van der Waals surface area (Å²) in [6, 6.07) is 0. The van der Waals surface area contributed by atoms with Crippen molar-refractivity contribution in [3.63, 3.8) is 0 Å². The first-order chi connectivity index (χ1) is 17.2. The quantitative estimate of drug-likeness (QED) is 0.249. The topological polar surface area (TPSA) is 27.3 Å². The molecule has 3 rings (SSSR count). The van der Waals surface area contributed by atoms with Crippen molar-refractivity contribution in [3.05, 3.63) is 108 Å². The Bertz CT molecular complexity index is 949. The summed E-state index contributed by atoms with van der Waals surface area (Å²) >= 11 is 0. The van der Waals surface area contributed by atoms with Crippen LogP contribution in [0, 0.1) is 0 Å². The Hall–Kier alpha value is -2.94. The van der Waals surface area contributed by atoms with Crippen LogP contribution in [0.1, 0.15) is 84.5 Å². The molecular formula is C32H45N3. The number of hydrogen-bond donors (Lipinski definition) is 2. The standard InChI is InChI=1S/C32H45N3/c1-4-7-8-9-10-15-26-35-31(18-13-11-16-29-22-20-27(5-2)33-29)24-25-32(35)19-14-12-17-30-23-21-28(6-3)34-30/h5-6,12-13,16-20,23-24,33-34H,2,4,7-11,14-15,21-22,25-26H2,1,3H3/b17-12+,18-13+,28-6+,29-16+,32-19+. The van der Waals surface area contributed by atoms with E-state index < -0.39 is 0 Å². The lowest BCUT2D eigenvalue weighted by Crippen LogP contribution is -2.18. The molecule has 0 aromatic heterocycles. The van der Waals surface area contributed by atoms with Crippen LogP contribution in [-0.4, -0.2) is 11.4 Å².